The van der Waals surface area contributed by atoms with Crippen molar-refractivity contribution >= 4 is 24.0 Å². The molecule has 8 heteroatoms. The van der Waals surface area contributed by atoms with Crippen molar-refractivity contribution < 1.29 is 9.59 Å². The van der Waals surface area contributed by atoms with Gasteiger partial charge in [0.1, 0.15) is 0 Å². The Morgan fingerprint density at radius 2 is 1.03 bits per heavy atom. The number of nitrogens with one attached hydrogen (secondary N) is 4. The molecule has 0 aromatic carbocycles. The zero-order valence-electron chi connectivity index (χ0n) is 18.8. The van der Waals surface area contributed by atoms with Gasteiger partial charge in [-0.2, -0.15) is 0 Å². The van der Waals surface area contributed by atoms with Gasteiger partial charge in [-0.05, 0) is 25.0 Å². The minimum Gasteiger partial charge on any atom is -0.353 e. The molecule has 0 aliphatic carbocycles. The molecule has 174 valence electrons. The molecule has 0 spiro atoms. The fraction of sp³-hybridized carbons (Fsp3) is 0.500. The van der Waals surface area contributed by atoms with Crippen molar-refractivity contribution in [2.45, 2.75) is 64.2 Å². The third-order valence-corrected chi connectivity index (χ3v) is 5.07. The minimum atomic E-state index is -0.0650. The molecular formula is C24H36N6O2. The van der Waals surface area contributed by atoms with Crippen molar-refractivity contribution in [1.29, 1.82) is 0 Å². The van der Waals surface area contributed by atoms with Crippen LogP contribution in [0.2, 0.25) is 0 Å². The summed E-state index contributed by atoms with van der Waals surface area (Å²) in [5.41, 5.74) is 1.64. The number of aromatic nitrogens is 4. The zero-order valence-corrected chi connectivity index (χ0v) is 18.8. The number of imidazole rings is 2. The monoisotopic (exact) mass is 440 g/mol. The number of hydrogen-bond donors (Lipinski definition) is 4. The van der Waals surface area contributed by atoms with Crippen LogP contribution < -0.4 is 10.6 Å². The van der Waals surface area contributed by atoms with Crippen molar-refractivity contribution in [3.63, 3.8) is 0 Å². The highest BCUT2D eigenvalue weighted by atomic mass is 16.2. The maximum Gasteiger partial charge on any atom is 0.244 e. The zero-order chi connectivity index (χ0) is 22.7. The molecule has 0 saturated carbocycles. The Kier molecular flexibility index (Phi) is 13.0. The van der Waals surface area contributed by atoms with Crippen molar-refractivity contribution in [3.8, 4) is 0 Å². The quantitative estimate of drug-likeness (QED) is 0.220. The topological polar surface area (TPSA) is 116 Å². The molecule has 2 amide bonds. The van der Waals surface area contributed by atoms with Crippen molar-refractivity contribution in [2.24, 2.45) is 0 Å². The number of unbranched alkanes of at least 4 members (excludes halogenated alkanes) is 9. The fourth-order valence-electron chi connectivity index (χ4n) is 3.25. The number of aromatic amines is 2. The molecule has 0 saturated heterocycles. The van der Waals surface area contributed by atoms with Gasteiger partial charge in [-0.1, -0.05) is 51.4 Å². The fourth-order valence-corrected chi connectivity index (χ4v) is 3.25. The first-order valence-electron chi connectivity index (χ1n) is 11.6. The average molecular weight is 441 g/mol. The van der Waals surface area contributed by atoms with Crippen LogP contribution in [0.5, 0.6) is 0 Å². The Morgan fingerprint density at radius 3 is 1.38 bits per heavy atom. The van der Waals surface area contributed by atoms with Crippen molar-refractivity contribution in [1.82, 2.24) is 30.6 Å². The Morgan fingerprint density at radius 1 is 0.656 bits per heavy atom. The lowest BCUT2D eigenvalue weighted by Crippen LogP contribution is -2.21. The lowest BCUT2D eigenvalue weighted by Gasteiger charge is -2.04. The Bertz CT molecular complexity index is 728. The lowest BCUT2D eigenvalue weighted by atomic mass is 10.1. The average Bonchev–Trinajstić information content (AvgIpc) is 3.50. The first kappa shape index (κ1) is 25.1. The number of amides is 2. The van der Waals surface area contributed by atoms with E-state index in [0.29, 0.717) is 0 Å². The van der Waals surface area contributed by atoms with E-state index in [1.165, 1.54) is 50.7 Å². The van der Waals surface area contributed by atoms with E-state index >= 15 is 0 Å². The van der Waals surface area contributed by atoms with E-state index in [0.717, 1.165) is 50.2 Å². The molecule has 0 radical (unpaired) electrons. The highest BCUT2D eigenvalue weighted by Gasteiger charge is 1.98. The molecule has 2 heterocycles. The third kappa shape index (κ3) is 12.5. The molecule has 32 heavy (non-hydrogen) atoms. The summed E-state index contributed by atoms with van der Waals surface area (Å²) in [4.78, 5) is 37.0. The van der Waals surface area contributed by atoms with Gasteiger partial charge >= 0.3 is 0 Å². The maximum absolute atomic E-state index is 11.7. The van der Waals surface area contributed by atoms with Gasteiger partial charge in [0.05, 0.1) is 36.4 Å². The smallest absolute Gasteiger partial charge is 0.244 e. The van der Waals surface area contributed by atoms with Crippen LogP contribution in [0.4, 0.5) is 0 Å². The van der Waals surface area contributed by atoms with Gasteiger partial charge in [-0.3, -0.25) is 9.59 Å². The first-order chi connectivity index (χ1) is 15.7. The van der Waals surface area contributed by atoms with Crippen LogP contribution in [0.1, 0.15) is 75.6 Å². The van der Waals surface area contributed by atoms with Crippen LogP contribution in [-0.2, 0) is 9.59 Å². The molecule has 2 aromatic heterocycles. The van der Waals surface area contributed by atoms with Crippen LogP contribution in [0.25, 0.3) is 12.2 Å². The minimum absolute atomic E-state index is 0.0650. The molecule has 0 aliphatic heterocycles. The normalized spacial score (nSPS) is 11.4. The van der Waals surface area contributed by atoms with Crippen molar-refractivity contribution in [2.75, 3.05) is 13.1 Å². The maximum atomic E-state index is 11.7. The number of hydrogen-bond acceptors (Lipinski definition) is 4. The summed E-state index contributed by atoms with van der Waals surface area (Å²) in [7, 11) is 0. The number of rotatable bonds is 17. The lowest BCUT2D eigenvalue weighted by molar-refractivity contribution is -0.117. The van der Waals surface area contributed by atoms with E-state index < -0.39 is 0 Å². The van der Waals surface area contributed by atoms with E-state index in [2.05, 4.69) is 30.6 Å². The van der Waals surface area contributed by atoms with E-state index in [9.17, 15) is 9.59 Å². The van der Waals surface area contributed by atoms with Crippen LogP contribution in [-0.4, -0.2) is 44.8 Å². The highest BCUT2D eigenvalue weighted by molar-refractivity contribution is 5.91. The predicted molar refractivity (Wildman–Crippen MR) is 127 cm³/mol. The summed E-state index contributed by atoms with van der Waals surface area (Å²) >= 11 is 0. The summed E-state index contributed by atoms with van der Waals surface area (Å²) in [5, 5.41) is 5.81. The Labute approximate surface area is 190 Å². The summed E-state index contributed by atoms with van der Waals surface area (Å²) in [6, 6.07) is 0. The van der Waals surface area contributed by atoms with E-state index in [-0.39, 0.29) is 11.8 Å². The standard InChI is InChI=1S/C24H36N6O2/c31-23(13-11-21-17-25-19-29-21)27-15-9-7-5-3-1-2-4-6-8-10-16-28-24(32)14-12-22-18-26-20-30-22/h11-14,17-20H,1-10,15-16H2,(H,25,29)(H,26,30)(H,27,31)(H,28,32)/b13-11+,14-12+. The first-order valence-corrected chi connectivity index (χ1v) is 11.6. The molecule has 2 rings (SSSR count). The summed E-state index contributed by atoms with van der Waals surface area (Å²) in [6.07, 6.45) is 24.9. The van der Waals surface area contributed by atoms with Crippen LogP contribution in [0.3, 0.4) is 0 Å². The molecule has 8 nitrogen and oxygen atoms in total. The molecule has 0 unspecified atom stereocenters. The Hall–Kier alpha value is -3.16. The SMILES string of the molecule is O=C(/C=C/c1cnc[nH]1)NCCCCCCCCCCCCNC(=O)/C=C/c1cnc[nH]1. The van der Waals surface area contributed by atoms with Crippen molar-refractivity contribution in [3.05, 3.63) is 48.6 Å². The number of H-pyrrole nitrogens is 2. The molecule has 0 bridgehead atoms. The molecule has 4 N–H and O–H groups in total. The second-order valence-corrected chi connectivity index (χ2v) is 7.80. The van der Waals surface area contributed by atoms with Gasteiger partial charge in [-0.15, -0.1) is 0 Å². The summed E-state index contributed by atoms with van der Waals surface area (Å²) in [5.74, 6) is -0.130. The van der Waals surface area contributed by atoms with E-state index in [1.807, 2.05) is 0 Å². The number of nitrogens with zero attached hydrogens (tertiary/aromatic N) is 2. The Balaban J connectivity index is 1.30. The summed E-state index contributed by atoms with van der Waals surface area (Å²) in [6.45, 7) is 1.45. The molecule has 0 aliphatic rings. The number of carbonyl (C=O) groups is 2. The largest absolute Gasteiger partial charge is 0.353 e. The number of carbonyl (C=O) groups excluding carboxylic acids is 2. The van der Waals surface area contributed by atoms with E-state index in [4.69, 9.17) is 0 Å². The molecular weight excluding hydrogens is 404 g/mol. The van der Waals surface area contributed by atoms with Gasteiger partial charge < -0.3 is 20.6 Å². The second kappa shape index (κ2) is 16.5. The second-order valence-electron chi connectivity index (χ2n) is 7.80. The summed E-state index contributed by atoms with van der Waals surface area (Å²) < 4.78 is 0. The van der Waals surface area contributed by atoms with Crippen LogP contribution >= 0.6 is 0 Å². The van der Waals surface area contributed by atoms with Gasteiger partial charge in [0.15, 0.2) is 0 Å². The third-order valence-electron chi connectivity index (χ3n) is 5.07. The van der Waals surface area contributed by atoms with E-state index in [1.54, 1.807) is 37.2 Å². The van der Waals surface area contributed by atoms with Gasteiger partial charge in [0, 0.05) is 25.2 Å². The molecule has 0 atom stereocenters. The van der Waals surface area contributed by atoms with Gasteiger partial charge in [-0.25, -0.2) is 9.97 Å². The predicted octanol–water partition coefficient (Wildman–Crippen LogP) is 3.99. The van der Waals surface area contributed by atoms with Gasteiger partial charge in [0.2, 0.25) is 11.8 Å². The molecule has 2 aromatic rings. The molecule has 0 fully saturated rings. The highest BCUT2D eigenvalue weighted by Crippen LogP contribution is 2.10. The van der Waals surface area contributed by atoms with Crippen LogP contribution in [0, 0.1) is 0 Å². The van der Waals surface area contributed by atoms with Crippen LogP contribution in [0.15, 0.2) is 37.2 Å². The van der Waals surface area contributed by atoms with Gasteiger partial charge in [0.25, 0.3) is 0 Å².